The normalized spacial score (nSPS) is 23.1. The number of sulfonamides is 1. The molecule has 3 heterocycles. The van der Waals surface area contributed by atoms with E-state index in [1.165, 1.54) is 16.1 Å². The minimum atomic E-state index is -3.59. The lowest BCUT2D eigenvalue weighted by molar-refractivity contribution is -0.138. The summed E-state index contributed by atoms with van der Waals surface area (Å²) in [5.74, 6) is -0.287. The molecule has 0 radical (unpaired) electrons. The van der Waals surface area contributed by atoms with Crippen LogP contribution in [0.25, 0.3) is 0 Å². The van der Waals surface area contributed by atoms with Gasteiger partial charge in [-0.2, -0.15) is 4.31 Å². The van der Waals surface area contributed by atoms with Crippen molar-refractivity contribution in [3.63, 3.8) is 0 Å². The predicted octanol–water partition coefficient (Wildman–Crippen LogP) is 0.773. The van der Waals surface area contributed by atoms with Crippen molar-refractivity contribution in [3.05, 3.63) is 30.3 Å². The molecule has 3 aliphatic rings. The fraction of sp³-hybridized carbons (Fsp3) is 0.550. The van der Waals surface area contributed by atoms with E-state index in [1.54, 1.807) is 35.2 Å². The van der Waals surface area contributed by atoms with Gasteiger partial charge < -0.3 is 10.2 Å². The third kappa shape index (κ3) is 3.47. The van der Waals surface area contributed by atoms with Gasteiger partial charge in [-0.3, -0.25) is 14.5 Å². The van der Waals surface area contributed by atoms with E-state index >= 15 is 0 Å². The van der Waals surface area contributed by atoms with Gasteiger partial charge in [0, 0.05) is 39.1 Å². The maximum atomic E-state index is 13.2. The zero-order valence-electron chi connectivity index (χ0n) is 16.9. The Balaban J connectivity index is 1.42. The summed E-state index contributed by atoms with van der Waals surface area (Å²) in [4.78, 5) is 40.6. The van der Waals surface area contributed by atoms with E-state index in [0.717, 1.165) is 0 Å². The van der Waals surface area contributed by atoms with Crippen LogP contribution < -0.4 is 5.32 Å². The Morgan fingerprint density at radius 2 is 1.63 bits per heavy atom. The molecule has 0 aromatic heterocycles. The van der Waals surface area contributed by atoms with Crippen LogP contribution in [-0.4, -0.2) is 78.1 Å². The molecule has 3 fully saturated rings. The molecule has 3 saturated heterocycles. The number of benzene rings is 1. The molecule has 1 N–H and O–H groups in total. The van der Waals surface area contributed by atoms with E-state index in [-0.39, 0.29) is 35.8 Å². The number of carbonyl (C=O) groups excluding carboxylic acids is 3. The molecule has 1 aromatic rings. The first kappa shape index (κ1) is 20.8. The first-order valence-electron chi connectivity index (χ1n) is 10.2. The van der Waals surface area contributed by atoms with Crippen molar-refractivity contribution in [1.29, 1.82) is 0 Å². The van der Waals surface area contributed by atoms with Crippen molar-refractivity contribution in [2.75, 3.05) is 26.2 Å². The topological polar surface area (TPSA) is 107 Å². The fourth-order valence-electron chi connectivity index (χ4n) is 4.60. The van der Waals surface area contributed by atoms with E-state index in [2.05, 4.69) is 5.32 Å². The van der Waals surface area contributed by atoms with Crippen molar-refractivity contribution in [2.45, 2.75) is 49.1 Å². The second-order valence-corrected chi connectivity index (χ2v) is 10.1. The average Bonchev–Trinajstić information content (AvgIpc) is 2.98. The van der Waals surface area contributed by atoms with Gasteiger partial charge >= 0.3 is 6.03 Å². The van der Waals surface area contributed by atoms with E-state index in [4.69, 9.17) is 0 Å². The Kier molecular flexibility index (Phi) is 5.31. The van der Waals surface area contributed by atoms with Crippen LogP contribution >= 0.6 is 0 Å². The van der Waals surface area contributed by atoms with Crippen LogP contribution in [0, 0.1) is 0 Å². The summed E-state index contributed by atoms with van der Waals surface area (Å²) in [7, 11) is -3.59. The minimum Gasteiger partial charge on any atom is -0.343 e. The Labute approximate surface area is 176 Å². The summed E-state index contributed by atoms with van der Waals surface area (Å²) in [6.45, 7) is 2.87. The van der Waals surface area contributed by atoms with Crippen LogP contribution in [0.4, 0.5) is 4.79 Å². The molecule has 0 aliphatic carbocycles. The highest BCUT2D eigenvalue weighted by molar-refractivity contribution is 7.89. The van der Waals surface area contributed by atoms with Crippen molar-refractivity contribution in [2.24, 2.45) is 0 Å². The molecule has 30 heavy (non-hydrogen) atoms. The second kappa shape index (κ2) is 7.66. The number of likely N-dealkylation sites (tertiary alicyclic amines) is 1. The molecule has 0 bridgehead atoms. The van der Waals surface area contributed by atoms with Gasteiger partial charge in [-0.1, -0.05) is 18.2 Å². The molecule has 4 amide bonds. The number of amides is 4. The van der Waals surface area contributed by atoms with Gasteiger partial charge in [0.25, 0.3) is 5.91 Å². The quantitative estimate of drug-likeness (QED) is 0.708. The highest BCUT2D eigenvalue weighted by atomic mass is 32.2. The zero-order chi connectivity index (χ0) is 21.5. The second-order valence-electron chi connectivity index (χ2n) is 8.14. The molecule has 1 spiro atoms. The van der Waals surface area contributed by atoms with Gasteiger partial charge in [-0.25, -0.2) is 13.2 Å². The smallest absolute Gasteiger partial charge is 0.325 e. The van der Waals surface area contributed by atoms with Crippen LogP contribution in [0.5, 0.6) is 0 Å². The van der Waals surface area contributed by atoms with Gasteiger partial charge in [0.1, 0.15) is 5.54 Å². The largest absolute Gasteiger partial charge is 0.343 e. The van der Waals surface area contributed by atoms with Gasteiger partial charge in [-0.15, -0.1) is 0 Å². The van der Waals surface area contributed by atoms with E-state index in [1.807, 2.05) is 0 Å². The number of nitrogens with zero attached hydrogens (tertiary/aromatic N) is 3. The summed E-state index contributed by atoms with van der Waals surface area (Å²) in [6, 6.07) is 7.52. The van der Waals surface area contributed by atoms with Gasteiger partial charge in [0.05, 0.1) is 4.90 Å². The lowest BCUT2D eigenvalue weighted by Gasteiger charge is -2.38. The molecule has 10 heteroatoms. The summed E-state index contributed by atoms with van der Waals surface area (Å²) in [5, 5.41) is 2.86. The highest BCUT2D eigenvalue weighted by Crippen LogP contribution is 2.33. The SMILES string of the molecule is CC(=O)N1CCC2(CC1)NC(=O)N(C1CCN(S(=O)(=O)c3ccccc3)CC1)C2=O. The third-order valence-electron chi connectivity index (χ3n) is 6.43. The first-order chi connectivity index (χ1) is 14.2. The molecular formula is C20H26N4O5S. The maximum absolute atomic E-state index is 13.2. The molecule has 0 unspecified atom stereocenters. The van der Waals surface area contributed by atoms with Crippen LogP contribution in [-0.2, 0) is 19.6 Å². The van der Waals surface area contributed by atoms with Crippen LogP contribution in [0.1, 0.15) is 32.6 Å². The molecule has 4 rings (SSSR count). The number of hydrogen-bond donors (Lipinski definition) is 1. The molecule has 9 nitrogen and oxygen atoms in total. The Bertz CT molecular complexity index is 949. The fourth-order valence-corrected chi connectivity index (χ4v) is 6.09. The lowest BCUT2D eigenvalue weighted by Crippen LogP contribution is -2.56. The van der Waals surface area contributed by atoms with Crippen LogP contribution in [0.2, 0.25) is 0 Å². The van der Waals surface area contributed by atoms with Gasteiger partial charge in [0.2, 0.25) is 15.9 Å². The van der Waals surface area contributed by atoms with Crippen molar-refractivity contribution < 1.29 is 22.8 Å². The zero-order valence-corrected chi connectivity index (χ0v) is 17.7. The Morgan fingerprint density at radius 1 is 1.03 bits per heavy atom. The first-order valence-corrected chi connectivity index (χ1v) is 11.7. The minimum absolute atomic E-state index is 0.0366. The summed E-state index contributed by atoms with van der Waals surface area (Å²) < 4.78 is 27.0. The molecular weight excluding hydrogens is 408 g/mol. The monoisotopic (exact) mass is 434 g/mol. The average molecular weight is 435 g/mol. The number of urea groups is 1. The summed E-state index contributed by atoms with van der Waals surface area (Å²) in [5.41, 5.74) is -0.948. The Morgan fingerprint density at radius 3 is 2.20 bits per heavy atom. The number of rotatable bonds is 3. The van der Waals surface area contributed by atoms with E-state index < -0.39 is 21.6 Å². The van der Waals surface area contributed by atoms with E-state index in [9.17, 15) is 22.8 Å². The summed E-state index contributed by atoms with van der Waals surface area (Å²) in [6.07, 6.45) is 1.60. The van der Waals surface area contributed by atoms with Gasteiger partial charge in [0.15, 0.2) is 0 Å². The lowest BCUT2D eigenvalue weighted by atomic mass is 9.87. The number of nitrogens with one attached hydrogen (secondary N) is 1. The number of imide groups is 1. The molecule has 3 aliphatic heterocycles. The van der Waals surface area contributed by atoms with E-state index in [0.29, 0.717) is 38.8 Å². The summed E-state index contributed by atoms with van der Waals surface area (Å²) >= 11 is 0. The molecule has 1 aromatic carbocycles. The van der Waals surface area contributed by atoms with Crippen LogP contribution in [0.3, 0.4) is 0 Å². The molecule has 0 atom stereocenters. The Hall–Kier alpha value is -2.46. The van der Waals surface area contributed by atoms with Crippen LogP contribution in [0.15, 0.2) is 35.2 Å². The number of hydrogen-bond acceptors (Lipinski definition) is 5. The maximum Gasteiger partial charge on any atom is 0.325 e. The standard InChI is InChI=1S/C20H26N4O5S/c1-15(25)22-13-9-20(10-14-22)18(26)24(19(27)21-20)16-7-11-23(12-8-16)30(28,29)17-5-3-2-4-6-17/h2-6,16H,7-14H2,1H3,(H,21,27). The van der Waals surface area contributed by atoms with Crippen molar-refractivity contribution in [1.82, 2.24) is 19.4 Å². The highest BCUT2D eigenvalue weighted by Gasteiger charge is 2.54. The predicted molar refractivity (Wildman–Crippen MR) is 108 cm³/mol. The van der Waals surface area contributed by atoms with Crippen molar-refractivity contribution >= 4 is 27.9 Å². The van der Waals surface area contributed by atoms with Gasteiger partial charge in [-0.05, 0) is 37.8 Å². The number of carbonyl (C=O) groups is 3. The van der Waals surface area contributed by atoms with Crippen molar-refractivity contribution in [3.8, 4) is 0 Å². The number of piperidine rings is 2. The molecule has 162 valence electrons. The third-order valence-corrected chi connectivity index (χ3v) is 8.34. The molecule has 0 saturated carbocycles.